The first-order valence-corrected chi connectivity index (χ1v) is 14.3. The van der Waals surface area contributed by atoms with Crippen molar-refractivity contribution in [3.8, 4) is 0 Å². The summed E-state index contributed by atoms with van der Waals surface area (Å²) < 4.78 is 54.4. The van der Waals surface area contributed by atoms with Gasteiger partial charge >= 0.3 is 0 Å². The van der Waals surface area contributed by atoms with E-state index in [0.29, 0.717) is 6.42 Å². The number of nitrogens with zero attached hydrogens (tertiary/aromatic N) is 2. The highest BCUT2D eigenvalue weighted by Crippen LogP contribution is 2.39. The normalized spacial score (nSPS) is 21.8. The summed E-state index contributed by atoms with van der Waals surface area (Å²) in [6.07, 6.45) is 3.52. The summed E-state index contributed by atoms with van der Waals surface area (Å²) in [4.78, 5) is 2.69. The number of hydrogen-bond donors (Lipinski definition) is 1. The molecule has 1 N–H and O–H groups in total. The monoisotopic (exact) mass is 477 g/mol. The Balaban J connectivity index is 1.63. The van der Waals surface area contributed by atoms with Crippen LogP contribution in [0.1, 0.15) is 35.6 Å². The van der Waals surface area contributed by atoms with Crippen LogP contribution in [0.3, 0.4) is 0 Å². The summed E-state index contributed by atoms with van der Waals surface area (Å²) in [5, 5.41) is 0. The highest BCUT2D eigenvalue weighted by atomic mass is 32.2. The van der Waals surface area contributed by atoms with Crippen LogP contribution in [0.2, 0.25) is 0 Å². The number of hydrogen-bond acceptors (Lipinski definition) is 5. The molecule has 7 nitrogen and oxygen atoms in total. The van der Waals surface area contributed by atoms with Crippen molar-refractivity contribution in [1.29, 1.82) is 0 Å². The molecule has 0 unspecified atom stereocenters. The van der Waals surface area contributed by atoms with Crippen LogP contribution in [0.15, 0.2) is 53.4 Å². The molecule has 0 spiro atoms. The third-order valence-corrected chi connectivity index (χ3v) is 9.19. The van der Waals surface area contributed by atoms with Gasteiger partial charge in [0.2, 0.25) is 20.0 Å². The van der Waals surface area contributed by atoms with E-state index in [1.165, 1.54) is 15.4 Å². The molecule has 0 bridgehead atoms. The zero-order valence-corrected chi connectivity index (χ0v) is 20.2. The van der Waals surface area contributed by atoms with Gasteiger partial charge in [0.25, 0.3) is 0 Å². The smallest absolute Gasteiger partial charge is 0.243 e. The minimum absolute atomic E-state index is 0.0470. The third kappa shape index (κ3) is 5.07. The summed E-state index contributed by atoms with van der Waals surface area (Å²) in [6.45, 7) is 3.87. The van der Waals surface area contributed by atoms with Crippen molar-refractivity contribution in [2.75, 3.05) is 32.4 Å². The third-order valence-electron chi connectivity index (χ3n) is 6.50. The molecule has 174 valence electrons. The Morgan fingerprint density at radius 2 is 1.75 bits per heavy atom. The largest absolute Gasteiger partial charge is 0.296 e. The predicted octanol–water partition coefficient (Wildman–Crippen LogP) is 2.30. The van der Waals surface area contributed by atoms with Crippen LogP contribution in [0, 0.1) is 6.92 Å². The van der Waals surface area contributed by atoms with Crippen molar-refractivity contribution >= 4 is 20.0 Å². The molecule has 0 saturated carbocycles. The highest BCUT2D eigenvalue weighted by Gasteiger charge is 2.39. The van der Waals surface area contributed by atoms with Gasteiger partial charge in [0.05, 0.1) is 11.2 Å². The molecule has 0 aromatic heterocycles. The van der Waals surface area contributed by atoms with E-state index in [9.17, 15) is 16.8 Å². The van der Waals surface area contributed by atoms with Crippen LogP contribution in [0.25, 0.3) is 0 Å². The van der Waals surface area contributed by atoms with Crippen LogP contribution in [0.4, 0.5) is 0 Å². The van der Waals surface area contributed by atoms with Crippen LogP contribution < -0.4 is 4.72 Å². The maximum atomic E-state index is 13.6. The van der Waals surface area contributed by atoms with Gasteiger partial charge in [0.1, 0.15) is 0 Å². The number of fused-ring (bicyclic) bond motifs is 3. The van der Waals surface area contributed by atoms with Crippen molar-refractivity contribution in [3.63, 3.8) is 0 Å². The Hall–Kier alpha value is -1.78. The summed E-state index contributed by atoms with van der Waals surface area (Å²) in [7, 11) is -7.18. The number of benzene rings is 2. The van der Waals surface area contributed by atoms with Gasteiger partial charge < -0.3 is 0 Å². The fourth-order valence-corrected chi connectivity index (χ4v) is 7.01. The average molecular weight is 478 g/mol. The van der Waals surface area contributed by atoms with Crippen molar-refractivity contribution in [1.82, 2.24) is 13.9 Å². The molecule has 2 heterocycles. The molecule has 0 aliphatic carbocycles. The standard InChI is InChI=1S/C23H31N3O4S2/c1-18-7-9-21(10-8-18)32(29,30)26(16-13-24-31(2,27)28)20-12-15-25-14-11-19-5-3-4-6-22(19)23(25)17-20/h3-10,20,23-24H,11-17H2,1-2H3/t20-,23+/m1/s1. The number of nitrogens with one attached hydrogen (secondary N) is 1. The average Bonchev–Trinajstić information content (AvgIpc) is 2.76. The first kappa shape index (κ1) is 23.4. The van der Waals surface area contributed by atoms with Gasteiger partial charge in [-0.2, -0.15) is 4.31 Å². The van der Waals surface area contributed by atoms with Gasteiger partial charge in [-0.1, -0.05) is 42.0 Å². The topological polar surface area (TPSA) is 86.8 Å². The van der Waals surface area contributed by atoms with E-state index in [2.05, 4.69) is 27.8 Å². The van der Waals surface area contributed by atoms with E-state index in [4.69, 9.17) is 0 Å². The maximum absolute atomic E-state index is 13.6. The van der Waals surface area contributed by atoms with Crippen LogP contribution in [-0.4, -0.2) is 64.5 Å². The van der Waals surface area contributed by atoms with Crippen molar-refractivity contribution in [2.24, 2.45) is 0 Å². The van der Waals surface area contributed by atoms with E-state index in [-0.39, 0.29) is 30.1 Å². The summed E-state index contributed by atoms with van der Waals surface area (Å²) in [5.74, 6) is 0. The molecule has 0 amide bonds. The van der Waals surface area contributed by atoms with Crippen molar-refractivity contribution < 1.29 is 16.8 Å². The lowest BCUT2D eigenvalue weighted by molar-refractivity contribution is 0.0911. The molecule has 2 aromatic carbocycles. The highest BCUT2D eigenvalue weighted by molar-refractivity contribution is 7.89. The van der Waals surface area contributed by atoms with E-state index < -0.39 is 20.0 Å². The van der Waals surface area contributed by atoms with Crippen LogP contribution in [0.5, 0.6) is 0 Å². The molecule has 2 atom stereocenters. The molecule has 2 aromatic rings. The number of aryl methyl sites for hydroxylation is 1. The molecule has 2 aliphatic rings. The first-order valence-electron chi connectivity index (χ1n) is 11.0. The summed E-state index contributed by atoms with van der Waals surface area (Å²) >= 11 is 0. The number of rotatable bonds is 7. The lowest BCUT2D eigenvalue weighted by Gasteiger charge is -2.46. The van der Waals surface area contributed by atoms with Gasteiger partial charge in [-0.3, -0.25) is 4.90 Å². The second-order valence-electron chi connectivity index (χ2n) is 8.77. The fraction of sp³-hybridized carbons (Fsp3) is 0.478. The number of sulfonamides is 2. The quantitative estimate of drug-likeness (QED) is 0.661. The van der Waals surface area contributed by atoms with Gasteiger partial charge in [-0.25, -0.2) is 21.6 Å². The summed E-state index contributed by atoms with van der Waals surface area (Å²) in [5.41, 5.74) is 3.60. The van der Waals surface area contributed by atoms with Gasteiger partial charge in [-0.15, -0.1) is 0 Å². The maximum Gasteiger partial charge on any atom is 0.243 e. The molecule has 1 saturated heterocycles. The van der Waals surface area contributed by atoms with Crippen LogP contribution >= 0.6 is 0 Å². The van der Waals surface area contributed by atoms with Gasteiger partial charge in [-0.05, 0) is 49.4 Å². The lowest BCUT2D eigenvalue weighted by Crippen LogP contribution is -2.51. The minimum Gasteiger partial charge on any atom is -0.296 e. The molecule has 9 heteroatoms. The van der Waals surface area contributed by atoms with Gasteiger partial charge in [0, 0.05) is 38.3 Å². The summed E-state index contributed by atoms with van der Waals surface area (Å²) in [6, 6.07) is 15.2. The Morgan fingerprint density at radius 3 is 2.47 bits per heavy atom. The second kappa shape index (κ2) is 9.23. The molecule has 4 rings (SSSR count). The van der Waals surface area contributed by atoms with E-state index in [1.807, 2.05) is 13.0 Å². The van der Waals surface area contributed by atoms with Crippen molar-refractivity contribution in [3.05, 3.63) is 65.2 Å². The lowest BCUT2D eigenvalue weighted by atomic mass is 9.85. The molecule has 0 radical (unpaired) electrons. The fourth-order valence-electron chi connectivity index (χ4n) is 4.89. The number of piperidine rings is 1. The zero-order valence-electron chi connectivity index (χ0n) is 18.6. The molecule has 2 aliphatic heterocycles. The predicted molar refractivity (Wildman–Crippen MR) is 125 cm³/mol. The zero-order chi connectivity index (χ0) is 22.9. The first-order chi connectivity index (χ1) is 15.1. The second-order valence-corrected chi connectivity index (χ2v) is 12.5. The molecule has 32 heavy (non-hydrogen) atoms. The Kier molecular flexibility index (Phi) is 6.74. The SMILES string of the molecule is Cc1ccc(S(=O)(=O)N(CCNS(C)(=O)=O)[C@@H]2CCN3CCc4ccccc4[C@@H]3C2)cc1. The Morgan fingerprint density at radius 1 is 1.03 bits per heavy atom. The van der Waals surface area contributed by atoms with E-state index in [1.54, 1.807) is 24.3 Å². The Bertz CT molecular complexity index is 1160. The molecular weight excluding hydrogens is 446 g/mol. The molecule has 1 fully saturated rings. The van der Waals surface area contributed by atoms with Gasteiger partial charge in [0.15, 0.2) is 0 Å². The van der Waals surface area contributed by atoms with Crippen LogP contribution in [-0.2, 0) is 26.5 Å². The van der Waals surface area contributed by atoms with Crippen molar-refractivity contribution in [2.45, 2.75) is 43.2 Å². The minimum atomic E-state index is -3.77. The van der Waals surface area contributed by atoms with E-state index in [0.717, 1.165) is 37.8 Å². The van der Waals surface area contributed by atoms with E-state index >= 15 is 0 Å². The Labute approximate surface area is 191 Å². The molecular formula is C23H31N3O4S2.